The second-order valence-electron chi connectivity index (χ2n) is 9.72. The first-order valence-corrected chi connectivity index (χ1v) is 16.8. The topological polar surface area (TPSA) is 30.7 Å². The van der Waals surface area contributed by atoms with Crippen LogP contribution in [0.4, 0.5) is 0 Å². The molecule has 1 heterocycles. The lowest BCUT2D eigenvalue weighted by Gasteiger charge is -2.22. The molecule has 0 bridgehead atoms. The van der Waals surface area contributed by atoms with Crippen LogP contribution in [0.1, 0.15) is 45.4 Å². The van der Waals surface area contributed by atoms with Crippen molar-refractivity contribution >= 4 is 47.9 Å². The summed E-state index contributed by atoms with van der Waals surface area (Å²) in [5.74, 6) is 0. The van der Waals surface area contributed by atoms with Crippen LogP contribution in [0, 0.1) is 0 Å². The van der Waals surface area contributed by atoms with Crippen LogP contribution in [0.3, 0.4) is 0 Å². The Labute approximate surface area is 235 Å². The minimum absolute atomic E-state index is 0.860. The Morgan fingerprint density at radius 1 is 0.462 bits per heavy atom. The fourth-order valence-electron chi connectivity index (χ4n) is 4.85. The highest BCUT2D eigenvalue weighted by atomic mass is 31.1. The maximum atomic E-state index is 5.32. The van der Waals surface area contributed by atoms with Crippen molar-refractivity contribution in [3.8, 4) is 0 Å². The molecule has 0 radical (unpaired) electrons. The summed E-state index contributed by atoms with van der Waals surface area (Å²) in [5.41, 5.74) is 2.26. The first-order chi connectivity index (χ1) is 19.3. The maximum absolute atomic E-state index is 5.32. The molecular formula is C34H37N3P2. The van der Waals surface area contributed by atoms with E-state index < -0.39 is 15.8 Å². The number of aryl methyl sites for hydroxylation is 1. The van der Waals surface area contributed by atoms with Crippen LogP contribution >= 0.6 is 15.8 Å². The number of hydrogen-bond donors (Lipinski definition) is 0. The van der Waals surface area contributed by atoms with Crippen molar-refractivity contribution in [3.63, 3.8) is 0 Å². The predicted octanol–water partition coefficient (Wildman–Crippen LogP) is 6.16. The summed E-state index contributed by atoms with van der Waals surface area (Å²) < 4.78 is 0. The number of rotatable bonds is 13. The number of benzene rings is 4. The van der Waals surface area contributed by atoms with Gasteiger partial charge in [0.05, 0.1) is 6.54 Å². The largest absolute Gasteiger partial charge is 0.184 e. The van der Waals surface area contributed by atoms with Crippen LogP contribution in [0.15, 0.2) is 121 Å². The van der Waals surface area contributed by atoms with E-state index in [4.69, 9.17) is 10.2 Å². The van der Waals surface area contributed by atoms with E-state index in [1.54, 1.807) is 0 Å². The summed E-state index contributed by atoms with van der Waals surface area (Å²) in [5, 5.41) is 15.9. The molecule has 198 valence electrons. The molecule has 4 aromatic carbocycles. The van der Waals surface area contributed by atoms with Gasteiger partial charge >= 0.3 is 0 Å². The monoisotopic (exact) mass is 549 g/mol. The zero-order chi connectivity index (χ0) is 26.7. The molecule has 0 N–H and O–H groups in total. The predicted molar refractivity (Wildman–Crippen MR) is 171 cm³/mol. The Morgan fingerprint density at radius 3 is 1.15 bits per heavy atom. The second-order valence-corrected chi connectivity index (χ2v) is 14.0. The summed E-state index contributed by atoms with van der Waals surface area (Å²) in [6, 6.07) is 43.6. The van der Waals surface area contributed by atoms with E-state index in [-0.39, 0.29) is 0 Å². The molecule has 0 unspecified atom stereocenters. The molecule has 0 fully saturated rings. The molecule has 5 aromatic rings. The molecule has 0 spiro atoms. The fourth-order valence-corrected chi connectivity index (χ4v) is 9.78. The van der Waals surface area contributed by atoms with Crippen LogP contribution in [0.5, 0.6) is 0 Å². The van der Waals surface area contributed by atoms with Gasteiger partial charge in [-0.25, -0.2) is 0 Å². The van der Waals surface area contributed by atoms with Crippen molar-refractivity contribution in [2.75, 3.05) is 0 Å². The Morgan fingerprint density at radius 2 is 0.795 bits per heavy atom. The molecule has 1 aromatic heterocycles. The molecule has 0 saturated heterocycles. The van der Waals surface area contributed by atoms with E-state index >= 15 is 0 Å². The first-order valence-electron chi connectivity index (χ1n) is 14.1. The fraction of sp³-hybridized carbons (Fsp3) is 0.235. The lowest BCUT2D eigenvalue weighted by atomic mass is 10.1. The number of aromatic nitrogens is 3. The van der Waals surface area contributed by atoms with Crippen molar-refractivity contribution in [1.29, 1.82) is 0 Å². The van der Waals surface area contributed by atoms with E-state index in [9.17, 15) is 0 Å². The Bertz CT molecular complexity index is 1210. The number of nitrogens with zero attached hydrogens (tertiary/aromatic N) is 3. The zero-order valence-electron chi connectivity index (χ0n) is 22.7. The standard InChI is InChI=1S/C34H37N3P2/c1-2-3-4-5-6-19-28-37-35-33(38(29-20-11-7-12-21-29)30-22-13-8-14-23-30)34(36-37)39(31-24-15-9-16-25-31)32-26-17-10-18-27-32/h7-18,20-27H,2-6,19,28H2,1H3. The van der Waals surface area contributed by atoms with Gasteiger partial charge in [-0.3, -0.25) is 0 Å². The smallest absolute Gasteiger partial charge is 0.122 e. The molecule has 5 heteroatoms. The SMILES string of the molecule is CCCCCCCCn1nc(P(c2ccccc2)c2ccccc2)c(P(c2ccccc2)c2ccccc2)n1. The third kappa shape index (κ3) is 7.10. The van der Waals surface area contributed by atoms with Crippen molar-refractivity contribution in [3.05, 3.63) is 121 Å². The minimum atomic E-state index is -0.864. The highest BCUT2D eigenvalue weighted by Crippen LogP contribution is 2.37. The second kappa shape index (κ2) is 14.3. The average Bonchev–Trinajstić information content (AvgIpc) is 3.40. The highest BCUT2D eigenvalue weighted by molar-refractivity contribution is 7.85. The molecule has 3 nitrogen and oxygen atoms in total. The lowest BCUT2D eigenvalue weighted by Crippen LogP contribution is -2.35. The lowest BCUT2D eigenvalue weighted by molar-refractivity contribution is 0.487. The molecule has 0 aliphatic rings. The van der Waals surface area contributed by atoms with Gasteiger partial charge in [0.1, 0.15) is 10.9 Å². The van der Waals surface area contributed by atoms with Crippen molar-refractivity contribution < 1.29 is 0 Å². The molecular weight excluding hydrogens is 512 g/mol. The molecule has 0 amide bonds. The molecule has 0 saturated carbocycles. The Kier molecular flexibility index (Phi) is 10.1. The van der Waals surface area contributed by atoms with Gasteiger partial charge in [-0.15, -0.1) is 0 Å². The quantitative estimate of drug-likeness (QED) is 0.130. The summed E-state index contributed by atoms with van der Waals surface area (Å²) in [4.78, 5) is 2.01. The van der Waals surface area contributed by atoms with E-state index in [2.05, 4.69) is 128 Å². The summed E-state index contributed by atoms with van der Waals surface area (Å²) in [6.45, 7) is 3.13. The molecule has 0 aliphatic heterocycles. The van der Waals surface area contributed by atoms with E-state index in [0.29, 0.717) is 0 Å². The normalized spacial score (nSPS) is 11.4. The van der Waals surface area contributed by atoms with E-state index in [1.165, 1.54) is 53.3 Å². The van der Waals surface area contributed by atoms with Gasteiger partial charge in [0, 0.05) is 15.8 Å². The molecule has 39 heavy (non-hydrogen) atoms. The first kappa shape index (κ1) is 27.4. The van der Waals surface area contributed by atoms with Crippen LogP contribution < -0.4 is 32.1 Å². The Hall–Kier alpha value is -3.12. The number of hydrogen-bond acceptors (Lipinski definition) is 2. The van der Waals surface area contributed by atoms with E-state index in [0.717, 1.165) is 23.8 Å². The Balaban J connectivity index is 1.62. The van der Waals surface area contributed by atoms with Gasteiger partial charge < -0.3 is 0 Å². The number of unbranched alkanes of at least 4 members (excludes halogenated alkanes) is 5. The van der Waals surface area contributed by atoms with Crippen LogP contribution in [0.25, 0.3) is 0 Å². The van der Waals surface area contributed by atoms with Gasteiger partial charge in [-0.2, -0.15) is 15.0 Å². The summed E-state index contributed by atoms with van der Waals surface area (Å²) >= 11 is 0. The third-order valence-electron chi connectivity index (χ3n) is 6.81. The van der Waals surface area contributed by atoms with Crippen LogP contribution in [-0.4, -0.2) is 15.0 Å². The molecule has 0 atom stereocenters. The molecule has 5 rings (SSSR count). The summed E-state index contributed by atoms with van der Waals surface area (Å²) in [6.07, 6.45) is 7.55. The highest BCUT2D eigenvalue weighted by Gasteiger charge is 2.30. The van der Waals surface area contributed by atoms with Crippen molar-refractivity contribution in [2.24, 2.45) is 0 Å². The third-order valence-corrected chi connectivity index (χ3v) is 11.7. The minimum Gasteiger partial charge on any atom is -0.184 e. The molecule has 0 aliphatic carbocycles. The van der Waals surface area contributed by atoms with Gasteiger partial charge in [0.15, 0.2) is 0 Å². The van der Waals surface area contributed by atoms with Gasteiger partial charge in [0.25, 0.3) is 0 Å². The van der Waals surface area contributed by atoms with Crippen LogP contribution in [0.2, 0.25) is 0 Å². The van der Waals surface area contributed by atoms with Gasteiger partial charge in [-0.05, 0) is 27.6 Å². The zero-order valence-corrected chi connectivity index (χ0v) is 24.5. The van der Waals surface area contributed by atoms with Crippen molar-refractivity contribution in [2.45, 2.75) is 52.0 Å². The van der Waals surface area contributed by atoms with Crippen molar-refractivity contribution in [1.82, 2.24) is 15.0 Å². The van der Waals surface area contributed by atoms with Crippen LogP contribution in [-0.2, 0) is 6.54 Å². The van der Waals surface area contributed by atoms with Gasteiger partial charge in [-0.1, -0.05) is 160 Å². The van der Waals surface area contributed by atoms with Gasteiger partial charge in [0.2, 0.25) is 0 Å². The van der Waals surface area contributed by atoms with E-state index in [1.807, 2.05) is 4.80 Å². The summed E-state index contributed by atoms with van der Waals surface area (Å²) in [7, 11) is -1.73. The maximum Gasteiger partial charge on any atom is 0.122 e. The average molecular weight is 550 g/mol.